The summed E-state index contributed by atoms with van der Waals surface area (Å²) in [6, 6.07) is 13.2. The van der Waals surface area contributed by atoms with Gasteiger partial charge in [-0.3, -0.25) is 19.7 Å². The van der Waals surface area contributed by atoms with E-state index in [1.54, 1.807) is 23.4 Å². The minimum Gasteiger partial charge on any atom is -0.339 e. The number of likely N-dealkylation sites (N-methyl/N-ethyl adjacent to an activating group) is 1. The van der Waals surface area contributed by atoms with Gasteiger partial charge in [0, 0.05) is 49.6 Å². The molecule has 1 aromatic carbocycles. The lowest BCUT2D eigenvalue weighted by atomic mass is 9.92. The summed E-state index contributed by atoms with van der Waals surface area (Å²) >= 11 is 0. The van der Waals surface area contributed by atoms with E-state index in [1.165, 1.54) is 0 Å². The van der Waals surface area contributed by atoms with Crippen LogP contribution in [0.15, 0.2) is 54.9 Å². The number of pyridine rings is 1. The minimum atomic E-state index is -0.580. The predicted molar refractivity (Wildman–Crippen MR) is 128 cm³/mol. The molecule has 3 heterocycles. The molecular formula is C26H31N5O2. The summed E-state index contributed by atoms with van der Waals surface area (Å²) < 4.78 is 0. The number of hydrogen-bond donors (Lipinski definition) is 1. The molecule has 4 rings (SSSR count). The molecular weight excluding hydrogens is 414 g/mol. The Kier molecular flexibility index (Phi) is 6.31. The third kappa shape index (κ3) is 4.67. The lowest BCUT2D eigenvalue weighted by Gasteiger charge is -2.40. The van der Waals surface area contributed by atoms with Crippen LogP contribution in [0.5, 0.6) is 0 Å². The number of piperazine rings is 1. The molecule has 1 unspecified atom stereocenters. The van der Waals surface area contributed by atoms with Gasteiger partial charge in [-0.05, 0) is 41.8 Å². The predicted octanol–water partition coefficient (Wildman–Crippen LogP) is 3.68. The lowest BCUT2D eigenvalue weighted by Crippen LogP contribution is -2.59. The molecule has 1 saturated heterocycles. The number of aromatic amines is 1. The third-order valence-electron chi connectivity index (χ3n) is 6.25. The molecule has 0 bridgehead atoms. The van der Waals surface area contributed by atoms with E-state index in [-0.39, 0.29) is 17.2 Å². The first-order chi connectivity index (χ1) is 15.8. The number of carbonyl (C=O) groups excluding carboxylic acids is 2. The number of nitrogens with zero attached hydrogens (tertiary/aromatic N) is 4. The van der Waals surface area contributed by atoms with Gasteiger partial charge in [0.1, 0.15) is 11.7 Å². The molecule has 2 aromatic heterocycles. The largest absolute Gasteiger partial charge is 0.339 e. The summed E-state index contributed by atoms with van der Waals surface area (Å²) in [6.45, 7) is 9.81. The molecule has 0 radical (unpaired) electrons. The van der Waals surface area contributed by atoms with Crippen molar-refractivity contribution in [1.29, 1.82) is 0 Å². The molecule has 7 heteroatoms. The zero-order valence-corrected chi connectivity index (χ0v) is 19.7. The van der Waals surface area contributed by atoms with Gasteiger partial charge in [-0.15, -0.1) is 0 Å². The molecule has 0 aliphatic carbocycles. The normalized spacial score (nSPS) is 16.8. The Morgan fingerprint density at radius 1 is 1.12 bits per heavy atom. The molecule has 0 spiro atoms. The Labute approximate surface area is 194 Å². The van der Waals surface area contributed by atoms with Crippen LogP contribution in [0.1, 0.15) is 49.4 Å². The van der Waals surface area contributed by atoms with Gasteiger partial charge in [-0.1, -0.05) is 45.0 Å². The molecule has 1 aliphatic rings. The Bertz CT molecular complexity index is 1130. The van der Waals surface area contributed by atoms with Crippen LogP contribution in [0.4, 0.5) is 0 Å². The highest BCUT2D eigenvalue weighted by Gasteiger charge is 2.38. The summed E-state index contributed by atoms with van der Waals surface area (Å²) in [5.41, 5.74) is 4.20. The van der Waals surface area contributed by atoms with Gasteiger partial charge in [0.05, 0.1) is 0 Å². The summed E-state index contributed by atoms with van der Waals surface area (Å²) in [6.07, 6.45) is 3.96. The topological polar surface area (TPSA) is 82.2 Å². The smallest absolute Gasteiger partial charge is 0.275 e. The van der Waals surface area contributed by atoms with Gasteiger partial charge in [0.2, 0.25) is 5.91 Å². The highest BCUT2D eigenvalue weighted by Crippen LogP contribution is 2.27. The molecule has 2 amide bonds. The monoisotopic (exact) mass is 445 g/mol. The van der Waals surface area contributed by atoms with Gasteiger partial charge in [0.25, 0.3) is 5.91 Å². The Balaban J connectivity index is 1.67. The standard InChI is InChI=1S/C26H31N5O2/c1-5-30-14-15-31(24(32)21-17-23(29-28-21)26(2,3)4)22(25(30)33)16-19-8-6-7-9-20(19)18-10-12-27-13-11-18/h6-13,17,22H,5,14-16H2,1-4H3,(H,28,29). The first-order valence-corrected chi connectivity index (χ1v) is 11.4. The van der Waals surface area contributed by atoms with Crippen LogP contribution < -0.4 is 0 Å². The van der Waals surface area contributed by atoms with Crippen LogP contribution in [0.2, 0.25) is 0 Å². The van der Waals surface area contributed by atoms with Crippen molar-refractivity contribution in [3.05, 3.63) is 71.8 Å². The Morgan fingerprint density at radius 3 is 2.52 bits per heavy atom. The zero-order valence-electron chi connectivity index (χ0n) is 19.7. The fraction of sp³-hybridized carbons (Fsp3) is 0.385. The van der Waals surface area contributed by atoms with Crippen molar-refractivity contribution in [2.45, 2.75) is 45.6 Å². The van der Waals surface area contributed by atoms with E-state index in [1.807, 2.05) is 48.2 Å². The van der Waals surface area contributed by atoms with Crippen LogP contribution in [0.3, 0.4) is 0 Å². The molecule has 0 saturated carbocycles. The second kappa shape index (κ2) is 9.17. The molecule has 1 N–H and O–H groups in total. The molecule has 1 atom stereocenters. The number of H-pyrrole nitrogens is 1. The van der Waals surface area contributed by atoms with E-state index in [0.29, 0.717) is 31.7 Å². The van der Waals surface area contributed by atoms with E-state index in [0.717, 1.165) is 22.4 Å². The summed E-state index contributed by atoms with van der Waals surface area (Å²) in [5.74, 6) is -0.231. The van der Waals surface area contributed by atoms with Crippen LogP contribution in [0.25, 0.3) is 11.1 Å². The number of hydrogen-bond acceptors (Lipinski definition) is 4. The van der Waals surface area contributed by atoms with E-state index in [4.69, 9.17) is 0 Å². The van der Waals surface area contributed by atoms with Gasteiger partial charge in [-0.2, -0.15) is 5.10 Å². The van der Waals surface area contributed by atoms with Crippen molar-refractivity contribution in [2.24, 2.45) is 0 Å². The van der Waals surface area contributed by atoms with Gasteiger partial charge in [0.15, 0.2) is 0 Å². The van der Waals surface area contributed by atoms with Crippen molar-refractivity contribution in [1.82, 2.24) is 25.0 Å². The molecule has 1 fully saturated rings. The zero-order chi connectivity index (χ0) is 23.6. The quantitative estimate of drug-likeness (QED) is 0.649. The number of amides is 2. The van der Waals surface area contributed by atoms with Crippen molar-refractivity contribution < 1.29 is 9.59 Å². The highest BCUT2D eigenvalue weighted by atomic mass is 16.2. The molecule has 33 heavy (non-hydrogen) atoms. The first-order valence-electron chi connectivity index (χ1n) is 11.4. The maximum Gasteiger partial charge on any atom is 0.275 e. The molecule has 1 aliphatic heterocycles. The number of nitrogens with one attached hydrogen (secondary N) is 1. The highest BCUT2D eigenvalue weighted by molar-refractivity contribution is 5.97. The fourth-order valence-electron chi connectivity index (χ4n) is 4.28. The van der Waals surface area contributed by atoms with Crippen LogP contribution in [0, 0.1) is 0 Å². The van der Waals surface area contributed by atoms with E-state index < -0.39 is 6.04 Å². The van der Waals surface area contributed by atoms with E-state index >= 15 is 0 Å². The molecule has 172 valence electrons. The number of benzene rings is 1. The third-order valence-corrected chi connectivity index (χ3v) is 6.25. The maximum atomic E-state index is 13.5. The average Bonchev–Trinajstić information content (AvgIpc) is 3.32. The fourth-order valence-corrected chi connectivity index (χ4v) is 4.28. The van der Waals surface area contributed by atoms with Crippen LogP contribution in [-0.4, -0.2) is 62.5 Å². The summed E-state index contributed by atoms with van der Waals surface area (Å²) in [5, 5.41) is 7.27. The van der Waals surface area contributed by atoms with Gasteiger partial charge >= 0.3 is 0 Å². The van der Waals surface area contributed by atoms with Gasteiger partial charge < -0.3 is 9.80 Å². The SMILES string of the molecule is CCN1CCN(C(=O)c2cc(C(C)(C)C)[nH]n2)C(Cc2ccccc2-c2ccncc2)C1=O. The lowest BCUT2D eigenvalue weighted by molar-refractivity contribution is -0.139. The number of carbonyl (C=O) groups is 2. The van der Waals surface area contributed by atoms with Gasteiger partial charge in [-0.25, -0.2) is 0 Å². The van der Waals surface area contributed by atoms with Crippen molar-refractivity contribution in [3.8, 4) is 11.1 Å². The summed E-state index contributed by atoms with van der Waals surface area (Å²) in [7, 11) is 0. The van der Waals surface area contributed by atoms with Crippen molar-refractivity contribution in [3.63, 3.8) is 0 Å². The Hall–Kier alpha value is -3.48. The van der Waals surface area contributed by atoms with Crippen LogP contribution in [-0.2, 0) is 16.6 Å². The molecule has 3 aromatic rings. The second-order valence-electron chi connectivity index (χ2n) is 9.45. The van der Waals surface area contributed by atoms with Crippen LogP contribution >= 0.6 is 0 Å². The first kappa shape index (κ1) is 22.7. The maximum absolute atomic E-state index is 13.5. The minimum absolute atomic E-state index is 0.0202. The van der Waals surface area contributed by atoms with Crippen molar-refractivity contribution in [2.75, 3.05) is 19.6 Å². The van der Waals surface area contributed by atoms with Crippen molar-refractivity contribution >= 4 is 11.8 Å². The van der Waals surface area contributed by atoms with E-state index in [2.05, 4.69) is 36.0 Å². The average molecular weight is 446 g/mol. The molecule has 7 nitrogen and oxygen atoms in total. The summed E-state index contributed by atoms with van der Waals surface area (Å²) in [4.78, 5) is 34.6. The number of rotatable bonds is 5. The van der Waals surface area contributed by atoms with E-state index in [9.17, 15) is 9.59 Å². The number of aromatic nitrogens is 3. The second-order valence-corrected chi connectivity index (χ2v) is 9.45. The Morgan fingerprint density at radius 2 is 1.85 bits per heavy atom.